The van der Waals surface area contributed by atoms with E-state index in [1.165, 1.54) is 24.3 Å². The van der Waals surface area contributed by atoms with Gasteiger partial charge in [-0.1, -0.05) is 18.2 Å². The zero-order valence-electron chi connectivity index (χ0n) is 18.7. The van der Waals surface area contributed by atoms with Crippen molar-refractivity contribution in [2.75, 3.05) is 32.2 Å². The molecule has 0 aromatic heterocycles. The zero-order chi connectivity index (χ0) is 23.1. The highest BCUT2D eigenvalue weighted by molar-refractivity contribution is 5.95. The second-order valence-electron chi connectivity index (χ2n) is 8.77. The molecule has 3 aromatic carbocycles. The Labute approximate surface area is 193 Å². The first-order chi connectivity index (χ1) is 16.0. The molecule has 0 radical (unpaired) electrons. The Morgan fingerprint density at radius 2 is 1.76 bits per heavy atom. The van der Waals surface area contributed by atoms with Crippen LogP contribution in [0, 0.1) is 11.7 Å². The molecule has 0 unspecified atom stereocenters. The quantitative estimate of drug-likeness (QED) is 0.641. The topological polar surface area (TPSA) is 53.0 Å². The maximum absolute atomic E-state index is 13.4. The van der Waals surface area contributed by atoms with Crippen LogP contribution in [-0.2, 0) is 0 Å². The van der Waals surface area contributed by atoms with Crippen LogP contribution in [0.3, 0.4) is 0 Å². The Bertz CT molecular complexity index is 1160. The van der Waals surface area contributed by atoms with E-state index in [-0.39, 0.29) is 36.3 Å². The third kappa shape index (κ3) is 3.64. The molecule has 0 saturated carbocycles. The van der Waals surface area contributed by atoms with E-state index in [4.69, 9.17) is 4.74 Å². The second kappa shape index (κ2) is 8.52. The molecule has 1 saturated heterocycles. The van der Waals surface area contributed by atoms with E-state index in [0.29, 0.717) is 12.1 Å². The summed E-state index contributed by atoms with van der Waals surface area (Å²) in [7, 11) is 3.65. The molecule has 1 N–H and O–H groups in total. The molecule has 0 aliphatic carbocycles. The molecule has 3 aromatic rings. The lowest BCUT2D eigenvalue weighted by Crippen LogP contribution is -2.48. The largest absolute Gasteiger partial charge is 0.497 e. The number of fused-ring (bicyclic) bond motifs is 3. The lowest BCUT2D eigenvalue weighted by atomic mass is 9.81. The Morgan fingerprint density at radius 3 is 2.42 bits per heavy atom. The van der Waals surface area contributed by atoms with Gasteiger partial charge in [0.05, 0.1) is 25.8 Å². The first kappa shape index (κ1) is 21.5. The fourth-order valence-electron chi connectivity index (χ4n) is 5.40. The summed E-state index contributed by atoms with van der Waals surface area (Å²) in [5.41, 5.74) is 4.70. The number of hydrogen-bond acceptors (Lipinski definition) is 4. The molecule has 0 spiro atoms. The lowest BCUT2D eigenvalue weighted by Gasteiger charge is -2.44. The van der Waals surface area contributed by atoms with Gasteiger partial charge in [0.1, 0.15) is 11.6 Å². The highest BCUT2D eigenvalue weighted by atomic mass is 19.1. The smallest absolute Gasteiger partial charge is 0.254 e. The molecule has 6 heteroatoms. The molecule has 0 bridgehead atoms. The van der Waals surface area contributed by atoms with E-state index in [9.17, 15) is 14.3 Å². The number of nitrogens with zero attached hydrogens (tertiary/aromatic N) is 2. The maximum Gasteiger partial charge on any atom is 0.254 e. The first-order valence-corrected chi connectivity index (χ1v) is 11.2. The number of aliphatic hydroxyl groups is 1. The molecule has 1 amide bonds. The molecule has 5 rings (SSSR count). The summed E-state index contributed by atoms with van der Waals surface area (Å²) < 4.78 is 18.7. The maximum atomic E-state index is 13.4. The fraction of sp³-hybridized carbons (Fsp3) is 0.296. The van der Waals surface area contributed by atoms with E-state index >= 15 is 0 Å². The van der Waals surface area contributed by atoms with Gasteiger partial charge in [0.15, 0.2) is 0 Å². The van der Waals surface area contributed by atoms with Crippen LogP contribution in [0.4, 0.5) is 10.1 Å². The second-order valence-corrected chi connectivity index (χ2v) is 8.77. The monoisotopic (exact) mass is 446 g/mol. The van der Waals surface area contributed by atoms with Gasteiger partial charge in [0.2, 0.25) is 0 Å². The molecule has 2 aliphatic heterocycles. The number of carbonyl (C=O) groups is 1. The molecular weight excluding hydrogens is 419 g/mol. The molecule has 1 fully saturated rings. The van der Waals surface area contributed by atoms with Gasteiger partial charge in [-0.05, 0) is 71.6 Å². The summed E-state index contributed by atoms with van der Waals surface area (Å²) in [5.74, 6) is 0.446. The van der Waals surface area contributed by atoms with Gasteiger partial charge in [0.25, 0.3) is 5.91 Å². The van der Waals surface area contributed by atoms with Gasteiger partial charge in [-0.15, -0.1) is 0 Å². The molecule has 2 aliphatic rings. The van der Waals surface area contributed by atoms with Gasteiger partial charge in [-0.3, -0.25) is 4.79 Å². The van der Waals surface area contributed by atoms with E-state index < -0.39 is 0 Å². The number of ether oxygens (including phenoxy) is 1. The minimum absolute atomic E-state index is 0.0237. The van der Waals surface area contributed by atoms with Gasteiger partial charge >= 0.3 is 0 Å². The normalized spacial score (nSPS) is 21.5. The van der Waals surface area contributed by atoms with Gasteiger partial charge in [-0.25, -0.2) is 4.39 Å². The van der Waals surface area contributed by atoms with Crippen LogP contribution in [0.15, 0.2) is 66.7 Å². The van der Waals surface area contributed by atoms with E-state index in [1.54, 1.807) is 7.11 Å². The number of hydrogen-bond donors (Lipinski definition) is 1. The fourth-order valence-corrected chi connectivity index (χ4v) is 5.40. The van der Waals surface area contributed by atoms with Gasteiger partial charge in [-0.2, -0.15) is 0 Å². The predicted molar refractivity (Wildman–Crippen MR) is 126 cm³/mol. The number of amides is 1. The number of methoxy groups -OCH3 is 1. The van der Waals surface area contributed by atoms with Crippen molar-refractivity contribution in [3.05, 3.63) is 83.7 Å². The number of likely N-dealkylation sites (tertiary alicyclic amines) is 1. The van der Waals surface area contributed by atoms with Crippen molar-refractivity contribution in [1.82, 2.24) is 4.90 Å². The highest BCUT2D eigenvalue weighted by Crippen LogP contribution is 2.49. The van der Waals surface area contributed by atoms with E-state index in [1.807, 2.05) is 36.2 Å². The summed E-state index contributed by atoms with van der Waals surface area (Å²) in [6.45, 7) is 0.623. The third-order valence-corrected chi connectivity index (χ3v) is 7.12. The molecule has 2 heterocycles. The number of rotatable bonds is 4. The Balaban J connectivity index is 1.57. The van der Waals surface area contributed by atoms with Crippen molar-refractivity contribution in [3.63, 3.8) is 0 Å². The summed E-state index contributed by atoms with van der Waals surface area (Å²) in [6, 6.07) is 19.7. The number of aliphatic hydroxyl groups excluding tert-OH is 1. The van der Waals surface area contributed by atoms with Crippen LogP contribution in [-0.4, -0.2) is 49.3 Å². The van der Waals surface area contributed by atoms with Crippen molar-refractivity contribution < 1.29 is 19.0 Å². The number of likely N-dealkylation sites (N-methyl/N-ethyl adjacent to an activating group) is 1. The third-order valence-electron chi connectivity index (χ3n) is 7.12. The van der Waals surface area contributed by atoms with Crippen LogP contribution in [0.2, 0.25) is 0 Å². The van der Waals surface area contributed by atoms with Crippen LogP contribution in [0.5, 0.6) is 5.75 Å². The predicted octanol–water partition coefficient (Wildman–Crippen LogP) is 4.52. The molecule has 3 atom stereocenters. The van der Waals surface area contributed by atoms with Crippen LogP contribution < -0.4 is 9.64 Å². The summed E-state index contributed by atoms with van der Waals surface area (Å²) in [5, 5.41) is 10.2. The standard InChI is InChI=1S/C27H27FN2O3/c1-29-24-12-7-19(17-5-10-21(33-2)11-6-17)15-23(24)26-22(25(29)16-31)13-14-30(26)27(32)18-3-8-20(28)9-4-18/h3-12,15,22,25-26,31H,13-14,16H2,1-2H3/t22-,25-,26-/m0/s1. The average molecular weight is 447 g/mol. The van der Waals surface area contributed by atoms with Crippen molar-refractivity contribution in [3.8, 4) is 16.9 Å². The lowest BCUT2D eigenvalue weighted by molar-refractivity contribution is 0.0694. The minimum atomic E-state index is -0.361. The minimum Gasteiger partial charge on any atom is -0.497 e. The van der Waals surface area contributed by atoms with E-state index in [0.717, 1.165) is 34.5 Å². The van der Waals surface area contributed by atoms with Crippen LogP contribution >= 0.6 is 0 Å². The Kier molecular flexibility index (Phi) is 5.54. The Morgan fingerprint density at radius 1 is 1.06 bits per heavy atom. The van der Waals surface area contributed by atoms with Gasteiger partial charge in [0, 0.05) is 30.8 Å². The number of halogens is 1. The Hall–Kier alpha value is -3.38. The highest BCUT2D eigenvalue weighted by Gasteiger charge is 2.47. The molecule has 170 valence electrons. The summed E-state index contributed by atoms with van der Waals surface area (Å²) >= 11 is 0. The van der Waals surface area contributed by atoms with Crippen molar-refractivity contribution >= 4 is 11.6 Å². The van der Waals surface area contributed by atoms with Crippen molar-refractivity contribution in [1.29, 1.82) is 0 Å². The van der Waals surface area contributed by atoms with E-state index in [2.05, 4.69) is 23.1 Å². The SMILES string of the molecule is COc1ccc(-c2ccc3c(c2)[C@@H]2[C@@H](CCN2C(=O)c2ccc(F)cc2)[C@H](CO)N3C)cc1. The van der Waals surface area contributed by atoms with Crippen molar-refractivity contribution in [2.45, 2.75) is 18.5 Å². The summed E-state index contributed by atoms with van der Waals surface area (Å²) in [4.78, 5) is 17.5. The molecule has 5 nitrogen and oxygen atoms in total. The number of carbonyl (C=O) groups excluding carboxylic acids is 1. The first-order valence-electron chi connectivity index (χ1n) is 11.2. The number of benzene rings is 3. The molecular formula is C27H27FN2O3. The van der Waals surface area contributed by atoms with Crippen molar-refractivity contribution in [2.24, 2.45) is 5.92 Å². The van der Waals surface area contributed by atoms with Crippen LogP contribution in [0.25, 0.3) is 11.1 Å². The number of anilines is 1. The van der Waals surface area contributed by atoms with Gasteiger partial charge < -0.3 is 19.6 Å². The molecule has 33 heavy (non-hydrogen) atoms. The summed E-state index contributed by atoms with van der Waals surface area (Å²) in [6.07, 6.45) is 0.805. The average Bonchev–Trinajstić information content (AvgIpc) is 3.29. The van der Waals surface area contributed by atoms with Crippen LogP contribution in [0.1, 0.15) is 28.4 Å². The zero-order valence-corrected chi connectivity index (χ0v) is 18.7.